The lowest BCUT2D eigenvalue weighted by Crippen LogP contribution is -2.63. The van der Waals surface area contributed by atoms with Gasteiger partial charge in [-0.05, 0) is 19.4 Å². The van der Waals surface area contributed by atoms with Crippen LogP contribution in [0.2, 0.25) is 0 Å². The molecule has 0 aromatic rings. The summed E-state index contributed by atoms with van der Waals surface area (Å²) in [4.78, 5) is 2.11. The summed E-state index contributed by atoms with van der Waals surface area (Å²) >= 11 is 0. The fourth-order valence-corrected chi connectivity index (χ4v) is 2.56. The predicted molar refractivity (Wildman–Crippen MR) is 69.7 cm³/mol. The third-order valence-electron chi connectivity index (χ3n) is 3.59. The Morgan fingerprint density at radius 2 is 2.33 bits per heavy atom. The molecule has 102 valence electrons. The maximum absolute atomic E-state index is 12.2. The zero-order valence-corrected chi connectivity index (χ0v) is 11.1. The predicted octanol–water partition coefficient (Wildman–Crippen LogP) is 0.765. The first-order chi connectivity index (χ1) is 8.56. The van der Waals surface area contributed by atoms with Gasteiger partial charge in [-0.1, -0.05) is 6.08 Å². The van der Waals surface area contributed by atoms with Gasteiger partial charge < -0.3 is 15.8 Å². The van der Waals surface area contributed by atoms with E-state index >= 15 is 0 Å². The van der Waals surface area contributed by atoms with Crippen molar-refractivity contribution in [2.24, 2.45) is 5.73 Å². The molecule has 1 heterocycles. The number of likely N-dealkylation sites (tertiary alicyclic amines) is 1. The number of nitrogens with zero attached hydrogens (tertiary/aromatic N) is 1. The van der Waals surface area contributed by atoms with Gasteiger partial charge in [0.05, 0.1) is 12.8 Å². The van der Waals surface area contributed by atoms with E-state index in [4.69, 9.17) is 10.5 Å². The van der Waals surface area contributed by atoms with E-state index in [1.165, 1.54) is 0 Å². The minimum absolute atomic E-state index is 0.124. The quantitative estimate of drug-likeness (QED) is 0.762. The Morgan fingerprint density at radius 3 is 2.94 bits per heavy atom. The minimum atomic E-state index is -0.267. The summed E-state index contributed by atoms with van der Waals surface area (Å²) < 4.78 is 17.4. The monoisotopic (exact) mass is 255 g/mol. The van der Waals surface area contributed by atoms with Crippen molar-refractivity contribution < 1.29 is 9.13 Å². The molecule has 0 aromatic heterocycles. The van der Waals surface area contributed by atoms with Crippen molar-refractivity contribution in [1.82, 2.24) is 10.2 Å². The number of nitrogens with one attached hydrogen (secondary N) is 1. The van der Waals surface area contributed by atoms with Gasteiger partial charge in [-0.25, -0.2) is 4.39 Å². The van der Waals surface area contributed by atoms with Crippen LogP contribution in [0.1, 0.15) is 13.3 Å². The molecule has 0 radical (unpaired) electrons. The number of halogens is 1. The molecule has 1 saturated heterocycles. The van der Waals surface area contributed by atoms with Crippen LogP contribution >= 0.6 is 0 Å². The largest absolute Gasteiger partial charge is 0.495 e. The van der Waals surface area contributed by atoms with E-state index in [1.54, 1.807) is 7.11 Å². The smallest absolute Gasteiger partial charge is 0.139 e. The van der Waals surface area contributed by atoms with Crippen molar-refractivity contribution in [1.29, 1.82) is 0 Å². The molecule has 2 rings (SSSR count). The van der Waals surface area contributed by atoms with Crippen LogP contribution in [0.25, 0.3) is 0 Å². The van der Waals surface area contributed by atoms with Crippen LogP contribution in [0.15, 0.2) is 23.6 Å². The zero-order chi connectivity index (χ0) is 13.2. The van der Waals surface area contributed by atoms with Gasteiger partial charge in [0.2, 0.25) is 0 Å². The number of nitrogens with two attached hydrogens (primary N) is 1. The fourth-order valence-electron chi connectivity index (χ4n) is 2.56. The van der Waals surface area contributed by atoms with Gasteiger partial charge in [0.1, 0.15) is 12.4 Å². The van der Waals surface area contributed by atoms with Crippen molar-refractivity contribution in [3.63, 3.8) is 0 Å². The second-order valence-electron chi connectivity index (χ2n) is 5.28. The SMILES string of the molecule is COC1=CC(C)(NC2CN(CCF)C2)CC=C1N. The van der Waals surface area contributed by atoms with E-state index in [0.717, 1.165) is 25.3 Å². The van der Waals surface area contributed by atoms with Crippen LogP contribution in [0, 0.1) is 0 Å². The summed E-state index contributed by atoms with van der Waals surface area (Å²) in [6.07, 6.45) is 4.88. The number of methoxy groups -OCH3 is 1. The van der Waals surface area contributed by atoms with E-state index < -0.39 is 0 Å². The van der Waals surface area contributed by atoms with Gasteiger partial charge in [0.15, 0.2) is 0 Å². The van der Waals surface area contributed by atoms with Gasteiger partial charge in [-0.2, -0.15) is 0 Å². The Labute approximate surface area is 108 Å². The molecule has 18 heavy (non-hydrogen) atoms. The Hall–Kier alpha value is -1.07. The lowest BCUT2D eigenvalue weighted by Gasteiger charge is -2.44. The number of ether oxygens (including phenoxy) is 1. The van der Waals surface area contributed by atoms with Crippen molar-refractivity contribution in [2.45, 2.75) is 24.9 Å². The van der Waals surface area contributed by atoms with E-state index in [9.17, 15) is 4.39 Å². The summed E-state index contributed by atoms with van der Waals surface area (Å²) in [7, 11) is 1.63. The van der Waals surface area contributed by atoms with Crippen molar-refractivity contribution in [2.75, 3.05) is 33.4 Å². The molecule has 0 bridgehead atoms. The molecule has 1 aliphatic carbocycles. The number of alkyl halides is 1. The third kappa shape index (κ3) is 2.84. The normalized spacial score (nSPS) is 29.5. The maximum Gasteiger partial charge on any atom is 0.139 e. The lowest BCUT2D eigenvalue weighted by molar-refractivity contribution is 0.101. The summed E-state index contributed by atoms with van der Waals surface area (Å²) in [5.41, 5.74) is 6.41. The van der Waals surface area contributed by atoms with Crippen LogP contribution < -0.4 is 11.1 Å². The second kappa shape index (κ2) is 5.28. The molecule has 1 aliphatic heterocycles. The summed E-state index contributed by atoms with van der Waals surface area (Å²) in [5, 5.41) is 3.58. The molecule has 1 atom stereocenters. The van der Waals surface area contributed by atoms with E-state index in [2.05, 4.69) is 17.1 Å². The first-order valence-electron chi connectivity index (χ1n) is 6.35. The molecule has 1 fully saturated rings. The average Bonchev–Trinajstić information content (AvgIpc) is 2.30. The maximum atomic E-state index is 12.2. The van der Waals surface area contributed by atoms with E-state index in [0.29, 0.717) is 18.3 Å². The van der Waals surface area contributed by atoms with Crippen LogP contribution in [-0.4, -0.2) is 49.9 Å². The van der Waals surface area contributed by atoms with Crippen LogP contribution in [0.4, 0.5) is 4.39 Å². The van der Waals surface area contributed by atoms with Crippen LogP contribution in [0.5, 0.6) is 0 Å². The lowest BCUT2D eigenvalue weighted by atomic mass is 9.89. The van der Waals surface area contributed by atoms with Crippen molar-refractivity contribution in [3.8, 4) is 0 Å². The molecule has 0 aromatic carbocycles. The van der Waals surface area contributed by atoms with Gasteiger partial charge in [0, 0.05) is 31.2 Å². The van der Waals surface area contributed by atoms with Gasteiger partial charge in [-0.15, -0.1) is 0 Å². The summed E-state index contributed by atoms with van der Waals surface area (Å²) in [6.45, 7) is 4.23. The summed E-state index contributed by atoms with van der Waals surface area (Å²) in [5.74, 6) is 0.733. The Bertz CT molecular complexity index is 363. The zero-order valence-electron chi connectivity index (χ0n) is 11.1. The molecule has 3 N–H and O–H groups in total. The van der Waals surface area contributed by atoms with Crippen molar-refractivity contribution in [3.05, 3.63) is 23.6 Å². The average molecular weight is 255 g/mol. The highest BCUT2D eigenvalue weighted by Gasteiger charge is 2.34. The Morgan fingerprint density at radius 1 is 1.61 bits per heavy atom. The Kier molecular flexibility index (Phi) is 3.92. The highest BCUT2D eigenvalue weighted by atomic mass is 19.1. The van der Waals surface area contributed by atoms with Crippen molar-refractivity contribution >= 4 is 0 Å². The highest BCUT2D eigenvalue weighted by Crippen LogP contribution is 2.25. The third-order valence-corrected chi connectivity index (χ3v) is 3.59. The number of hydrogen-bond donors (Lipinski definition) is 2. The minimum Gasteiger partial charge on any atom is -0.495 e. The molecule has 2 aliphatic rings. The Balaban J connectivity index is 1.88. The standard InChI is InChI=1S/C13H22FN3O/c1-13(4-3-11(15)12(7-13)18-2)16-10-8-17(9-10)6-5-14/h3,7,10,16H,4-6,8-9,15H2,1-2H3. The van der Waals surface area contributed by atoms with Crippen LogP contribution in [0.3, 0.4) is 0 Å². The number of hydrogen-bond acceptors (Lipinski definition) is 4. The molecule has 0 spiro atoms. The van der Waals surface area contributed by atoms with Crippen LogP contribution in [-0.2, 0) is 4.74 Å². The molecule has 1 unspecified atom stereocenters. The van der Waals surface area contributed by atoms with Gasteiger partial charge in [0.25, 0.3) is 0 Å². The summed E-state index contributed by atoms with van der Waals surface area (Å²) in [6, 6.07) is 0.420. The molecule has 0 saturated carbocycles. The van der Waals surface area contributed by atoms with E-state index in [-0.39, 0.29) is 12.2 Å². The number of rotatable bonds is 5. The second-order valence-corrected chi connectivity index (χ2v) is 5.28. The molecular formula is C13H22FN3O. The van der Waals surface area contributed by atoms with Gasteiger partial charge >= 0.3 is 0 Å². The highest BCUT2D eigenvalue weighted by molar-refractivity contribution is 5.32. The van der Waals surface area contributed by atoms with E-state index in [1.807, 2.05) is 12.2 Å². The fraction of sp³-hybridized carbons (Fsp3) is 0.692. The molecule has 5 heteroatoms. The first kappa shape index (κ1) is 13.4. The molecule has 0 amide bonds. The molecule has 4 nitrogen and oxygen atoms in total. The molecular weight excluding hydrogens is 233 g/mol. The topological polar surface area (TPSA) is 50.5 Å². The first-order valence-corrected chi connectivity index (χ1v) is 6.35. The van der Waals surface area contributed by atoms with Gasteiger partial charge in [-0.3, -0.25) is 4.90 Å².